The third-order valence-electron chi connectivity index (χ3n) is 8.40. The van der Waals surface area contributed by atoms with Gasteiger partial charge < -0.3 is 25.2 Å². The highest BCUT2D eigenvalue weighted by molar-refractivity contribution is 7.22. The van der Waals surface area contributed by atoms with Crippen LogP contribution >= 0.6 is 11.3 Å². The zero-order chi connectivity index (χ0) is 27.0. The lowest BCUT2D eigenvalue weighted by Crippen LogP contribution is -2.50. The summed E-state index contributed by atoms with van der Waals surface area (Å²) in [6.07, 6.45) is 5.48. The number of hydrogen-bond donors (Lipinski definition) is 3. The molecule has 4 heterocycles. The van der Waals surface area contributed by atoms with Gasteiger partial charge in [0.1, 0.15) is 5.82 Å². The van der Waals surface area contributed by atoms with E-state index in [1.54, 1.807) is 17.5 Å². The molecule has 1 saturated heterocycles. The lowest BCUT2D eigenvalue weighted by atomic mass is 10.0. The number of nitrogens with zero attached hydrogens (tertiary/aromatic N) is 3. The molecule has 3 aliphatic rings. The Labute approximate surface area is 231 Å². The van der Waals surface area contributed by atoms with E-state index in [4.69, 9.17) is 19.4 Å². The fourth-order valence-electron chi connectivity index (χ4n) is 6.80. The maximum Gasteiger partial charge on any atom is 0.225 e. The molecule has 3 aromatic heterocycles. The molecule has 4 unspecified atom stereocenters. The number of benzene rings is 1. The predicted molar refractivity (Wildman–Crippen MR) is 153 cm³/mol. The zero-order valence-electron chi connectivity index (χ0n) is 22.6. The van der Waals surface area contributed by atoms with Gasteiger partial charge in [0.05, 0.1) is 17.4 Å². The van der Waals surface area contributed by atoms with Crippen molar-refractivity contribution in [1.82, 2.24) is 15.0 Å². The van der Waals surface area contributed by atoms with Crippen LogP contribution in [0.15, 0.2) is 48.8 Å². The highest BCUT2D eigenvalue weighted by Gasteiger charge is 2.85. The molecule has 2 saturated carbocycles. The zero-order valence-corrected chi connectivity index (χ0v) is 23.4. The van der Waals surface area contributed by atoms with Crippen LogP contribution in [-0.4, -0.2) is 43.3 Å². The molecule has 7 rings (SSSR count). The molecule has 3 N–H and O–H groups in total. The van der Waals surface area contributed by atoms with Gasteiger partial charge in [0.25, 0.3) is 0 Å². The Kier molecular flexibility index (Phi) is 5.55. The number of ether oxygens (including phenoxy) is 2. The van der Waals surface area contributed by atoms with E-state index in [1.165, 1.54) is 15.6 Å². The third kappa shape index (κ3) is 3.71. The number of pyridine rings is 1. The van der Waals surface area contributed by atoms with E-state index in [-0.39, 0.29) is 5.92 Å². The van der Waals surface area contributed by atoms with E-state index in [1.807, 2.05) is 39.1 Å². The van der Waals surface area contributed by atoms with Crippen molar-refractivity contribution in [3.8, 4) is 10.4 Å². The summed E-state index contributed by atoms with van der Waals surface area (Å²) in [6.45, 7) is 8.61. The number of hydrogen-bond acceptors (Lipinski definition) is 9. The fraction of sp³-hybridized carbons (Fsp3) is 0.433. The predicted octanol–water partition coefficient (Wildman–Crippen LogP) is 5.65. The van der Waals surface area contributed by atoms with E-state index >= 15 is 0 Å². The van der Waals surface area contributed by atoms with Crippen LogP contribution in [0.3, 0.4) is 0 Å². The van der Waals surface area contributed by atoms with Crippen molar-refractivity contribution in [3.05, 3.63) is 65.6 Å². The number of aliphatic hydroxyl groups excluding tert-OH is 1. The van der Waals surface area contributed by atoms with Gasteiger partial charge in [-0.05, 0) is 68.7 Å². The average molecular weight is 544 g/mol. The summed E-state index contributed by atoms with van der Waals surface area (Å²) in [5.41, 5.74) is 2.52. The van der Waals surface area contributed by atoms with Crippen molar-refractivity contribution in [2.24, 2.45) is 5.92 Å². The molecule has 0 radical (unpaired) electrons. The Hall–Kier alpha value is -3.11. The van der Waals surface area contributed by atoms with E-state index in [0.29, 0.717) is 18.3 Å². The first-order chi connectivity index (χ1) is 18.8. The number of fused-ring (bicyclic) bond motifs is 1. The van der Waals surface area contributed by atoms with Crippen molar-refractivity contribution in [1.29, 1.82) is 0 Å². The minimum Gasteiger partial charge on any atom is -0.389 e. The molecule has 9 heteroatoms. The van der Waals surface area contributed by atoms with Crippen LogP contribution in [0.2, 0.25) is 0 Å². The number of aromatic nitrogens is 3. The SMILES string of the molecule is CCc1c(-c2c(C)nc(NCc3cccnc3)nc2NC23CCC4C(O)C42OC(C)(C)O3)sc2ccccc12. The number of rotatable bonds is 7. The number of aryl methyl sites for hydroxylation is 2. The number of aliphatic hydroxyl groups is 1. The van der Waals surface area contributed by atoms with E-state index in [9.17, 15) is 5.11 Å². The van der Waals surface area contributed by atoms with Gasteiger partial charge in [0.15, 0.2) is 17.1 Å². The summed E-state index contributed by atoms with van der Waals surface area (Å²) in [6, 6.07) is 12.5. The minimum atomic E-state index is -0.875. The Morgan fingerprint density at radius 1 is 1.13 bits per heavy atom. The number of thiophene rings is 1. The van der Waals surface area contributed by atoms with Crippen molar-refractivity contribution in [3.63, 3.8) is 0 Å². The van der Waals surface area contributed by atoms with E-state index < -0.39 is 23.2 Å². The van der Waals surface area contributed by atoms with Crippen LogP contribution < -0.4 is 10.6 Å². The maximum atomic E-state index is 11.0. The van der Waals surface area contributed by atoms with Gasteiger partial charge in [0.2, 0.25) is 5.95 Å². The fourth-order valence-corrected chi connectivity index (χ4v) is 8.19. The van der Waals surface area contributed by atoms with E-state index in [2.05, 4.69) is 46.8 Å². The molecule has 3 fully saturated rings. The monoisotopic (exact) mass is 543 g/mol. The van der Waals surface area contributed by atoms with Crippen LogP contribution in [-0.2, 0) is 22.4 Å². The van der Waals surface area contributed by atoms with Crippen LogP contribution in [0, 0.1) is 12.8 Å². The first kappa shape index (κ1) is 24.9. The summed E-state index contributed by atoms with van der Waals surface area (Å²) < 4.78 is 14.3. The van der Waals surface area contributed by atoms with Gasteiger partial charge >= 0.3 is 0 Å². The topological polar surface area (TPSA) is 101 Å². The lowest BCUT2D eigenvalue weighted by Gasteiger charge is -2.33. The van der Waals surface area contributed by atoms with Crippen LogP contribution in [0.25, 0.3) is 20.5 Å². The standard InChI is InChI=1S/C30H33N5O3S/c1-5-19-20-10-6-7-11-22(20)39-24(19)23-17(2)33-27(32-16-18-9-8-14-31-15-18)34-26(23)35-29-13-12-21-25(36)30(21,29)38-28(3,4)37-29/h6-11,14-15,21,25,36H,5,12-13,16H2,1-4H3,(H2,32,33,34,35). The van der Waals surface area contributed by atoms with Gasteiger partial charge in [-0.25, -0.2) is 4.98 Å². The lowest BCUT2D eigenvalue weighted by molar-refractivity contribution is -0.166. The molecule has 1 aromatic carbocycles. The summed E-state index contributed by atoms with van der Waals surface area (Å²) >= 11 is 1.77. The highest BCUT2D eigenvalue weighted by atomic mass is 32.1. The molecule has 2 aliphatic carbocycles. The van der Waals surface area contributed by atoms with Crippen molar-refractivity contribution in [2.45, 2.75) is 76.7 Å². The molecular formula is C30H33N5O3S. The van der Waals surface area contributed by atoms with Gasteiger partial charge in [0, 0.05) is 34.4 Å². The van der Waals surface area contributed by atoms with Crippen LogP contribution in [0.1, 0.15) is 50.4 Å². The van der Waals surface area contributed by atoms with Gasteiger partial charge in [-0.1, -0.05) is 31.2 Å². The second kappa shape index (κ2) is 8.69. The molecule has 1 aliphatic heterocycles. The summed E-state index contributed by atoms with van der Waals surface area (Å²) in [7, 11) is 0. The maximum absolute atomic E-state index is 11.0. The molecular weight excluding hydrogens is 510 g/mol. The first-order valence-corrected chi connectivity index (χ1v) is 14.5. The molecule has 8 nitrogen and oxygen atoms in total. The van der Waals surface area contributed by atoms with Gasteiger partial charge in [-0.3, -0.25) is 4.98 Å². The van der Waals surface area contributed by atoms with Crippen molar-refractivity contribution < 1.29 is 14.6 Å². The van der Waals surface area contributed by atoms with Gasteiger partial charge in [-0.2, -0.15) is 4.98 Å². The molecule has 202 valence electrons. The van der Waals surface area contributed by atoms with Gasteiger partial charge in [-0.15, -0.1) is 11.3 Å². The third-order valence-corrected chi connectivity index (χ3v) is 9.63. The number of anilines is 2. The highest BCUT2D eigenvalue weighted by Crippen LogP contribution is 2.70. The molecule has 4 atom stereocenters. The average Bonchev–Trinajstić information content (AvgIpc) is 3.17. The Balaban J connectivity index is 1.36. The molecule has 1 spiro atoms. The van der Waals surface area contributed by atoms with Crippen molar-refractivity contribution >= 4 is 33.2 Å². The second-order valence-electron chi connectivity index (χ2n) is 11.3. The van der Waals surface area contributed by atoms with Crippen LogP contribution in [0.5, 0.6) is 0 Å². The Morgan fingerprint density at radius 2 is 1.97 bits per heavy atom. The molecule has 0 bridgehead atoms. The summed E-state index contributed by atoms with van der Waals surface area (Å²) in [5.74, 6) is 0.449. The minimum absolute atomic E-state index is 0.0527. The molecule has 39 heavy (non-hydrogen) atoms. The largest absolute Gasteiger partial charge is 0.389 e. The second-order valence-corrected chi connectivity index (χ2v) is 12.3. The first-order valence-electron chi connectivity index (χ1n) is 13.7. The summed E-state index contributed by atoms with van der Waals surface area (Å²) in [4.78, 5) is 15.3. The number of nitrogens with one attached hydrogen (secondary N) is 2. The van der Waals surface area contributed by atoms with E-state index in [0.717, 1.165) is 41.0 Å². The smallest absolute Gasteiger partial charge is 0.225 e. The molecule has 0 amide bonds. The Morgan fingerprint density at radius 3 is 2.74 bits per heavy atom. The quantitative estimate of drug-likeness (QED) is 0.275. The van der Waals surface area contributed by atoms with Crippen LogP contribution in [0.4, 0.5) is 11.8 Å². The normalized spacial score (nSPS) is 28.3. The molecule has 4 aromatic rings. The Bertz CT molecular complexity index is 1570. The summed E-state index contributed by atoms with van der Waals surface area (Å²) in [5, 5.41) is 19.3. The van der Waals surface area contributed by atoms with Crippen molar-refractivity contribution in [2.75, 3.05) is 10.6 Å².